The van der Waals surface area contributed by atoms with Gasteiger partial charge in [-0.2, -0.15) is 0 Å². The van der Waals surface area contributed by atoms with Gasteiger partial charge in [-0.15, -0.1) is 0 Å². The summed E-state index contributed by atoms with van der Waals surface area (Å²) in [4.78, 5) is 24.7. The highest BCUT2D eigenvalue weighted by Gasteiger charge is 2.29. The zero-order chi connectivity index (χ0) is 12.4. The lowest BCUT2D eigenvalue weighted by Crippen LogP contribution is -2.38. The fourth-order valence-electron chi connectivity index (χ4n) is 2.37. The normalized spacial score (nSPS) is 29.2. The summed E-state index contributed by atoms with van der Waals surface area (Å²) >= 11 is 0. The molecule has 0 spiro atoms. The molecule has 0 radical (unpaired) electrons. The molecule has 0 amide bonds. The summed E-state index contributed by atoms with van der Waals surface area (Å²) in [5.41, 5.74) is -0.868. The van der Waals surface area contributed by atoms with Gasteiger partial charge in [0.15, 0.2) is 0 Å². The van der Waals surface area contributed by atoms with Crippen molar-refractivity contribution >= 4 is 0 Å². The molecule has 1 saturated carbocycles. The molecule has 1 heterocycles. The molecule has 1 fully saturated rings. The Kier molecular flexibility index (Phi) is 3.44. The highest BCUT2D eigenvalue weighted by Crippen LogP contribution is 2.31. The lowest BCUT2D eigenvalue weighted by molar-refractivity contribution is 0.0175. The molecule has 6 heteroatoms. The maximum absolute atomic E-state index is 11.6. The van der Waals surface area contributed by atoms with Gasteiger partial charge in [0.1, 0.15) is 0 Å². The fraction of sp³-hybridized carbons (Fsp3) is 0.636. The standard InChI is InChI=1S/C11H16N2O4/c14-6-7-1-2-8(5-9(7)15)13-4-3-10(16)12-11(13)17/h3-4,7-9,14-15H,1-2,5-6H2,(H,12,16,17)/t7-,8-,9+/m0/s1. The van der Waals surface area contributed by atoms with Crippen LogP contribution in [0.3, 0.4) is 0 Å². The first-order chi connectivity index (χ1) is 8.11. The second-order valence-corrected chi connectivity index (χ2v) is 4.49. The largest absolute Gasteiger partial charge is 0.396 e. The van der Waals surface area contributed by atoms with Gasteiger partial charge in [0.05, 0.1) is 6.10 Å². The van der Waals surface area contributed by atoms with Gasteiger partial charge < -0.3 is 10.2 Å². The highest BCUT2D eigenvalue weighted by molar-refractivity contribution is 4.89. The number of aromatic amines is 1. The highest BCUT2D eigenvalue weighted by atomic mass is 16.3. The van der Waals surface area contributed by atoms with Crippen molar-refractivity contribution in [3.63, 3.8) is 0 Å². The summed E-state index contributed by atoms with van der Waals surface area (Å²) in [7, 11) is 0. The topological polar surface area (TPSA) is 95.3 Å². The minimum Gasteiger partial charge on any atom is -0.396 e. The van der Waals surface area contributed by atoms with E-state index in [2.05, 4.69) is 4.98 Å². The molecule has 1 aromatic heterocycles. The third-order valence-corrected chi connectivity index (χ3v) is 3.41. The zero-order valence-electron chi connectivity index (χ0n) is 9.37. The van der Waals surface area contributed by atoms with Crippen LogP contribution in [0.5, 0.6) is 0 Å². The van der Waals surface area contributed by atoms with Gasteiger partial charge in [0.2, 0.25) is 0 Å². The molecular formula is C11H16N2O4. The van der Waals surface area contributed by atoms with Gasteiger partial charge >= 0.3 is 5.69 Å². The Labute approximate surface area is 97.5 Å². The first-order valence-electron chi connectivity index (χ1n) is 5.72. The average molecular weight is 240 g/mol. The van der Waals surface area contributed by atoms with Gasteiger partial charge in [0, 0.05) is 30.8 Å². The summed E-state index contributed by atoms with van der Waals surface area (Å²) in [6.07, 6.45) is 2.68. The Hall–Kier alpha value is -1.40. The van der Waals surface area contributed by atoms with Crippen LogP contribution in [0.2, 0.25) is 0 Å². The average Bonchev–Trinajstić information content (AvgIpc) is 2.29. The molecule has 0 saturated heterocycles. The quantitative estimate of drug-likeness (QED) is 0.632. The van der Waals surface area contributed by atoms with Gasteiger partial charge in [-0.25, -0.2) is 4.79 Å². The van der Waals surface area contributed by atoms with Crippen LogP contribution in [0.1, 0.15) is 25.3 Å². The van der Waals surface area contributed by atoms with Gasteiger partial charge in [-0.3, -0.25) is 14.3 Å². The van der Waals surface area contributed by atoms with E-state index in [1.165, 1.54) is 16.8 Å². The first-order valence-corrected chi connectivity index (χ1v) is 5.72. The molecule has 0 aliphatic heterocycles. The van der Waals surface area contributed by atoms with Crippen molar-refractivity contribution in [3.8, 4) is 0 Å². The molecule has 17 heavy (non-hydrogen) atoms. The molecule has 1 aromatic rings. The van der Waals surface area contributed by atoms with Crippen LogP contribution in [0.15, 0.2) is 21.9 Å². The fourth-order valence-corrected chi connectivity index (χ4v) is 2.37. The van der Waals surface area contributed by atoms with Crippen molar-refractivity contribution in [1.29, 1.82) is 0 Å². The number of aliphatic hydroxyl groups is 2. The van der Waals surface area contributed by atoms with Crippen molar-refractivity contribution in [3.05, 3.63) is 33.1 Å². The van der Waals surface area contributed by atoms with E-state index in [-0.39, 0.29) is 18.6 Å². The molecule has 6 nitrogen and oxygen atoms in total. The van der Waals surface area contributed by atoms with E-state index in [0.717, 1.165) is 0 Å². The number of hydrogen-bond acceptors (Lipinski definition) is 4. The SMILES string of the molecule is O=c1ccn([C@H]2CC[C@@H](CO)[C@H](O)C2)c(=O)[nH]1. The zero-order valence-corrected chi connectivity index (χ0v) is 9.37. The molecule has 3 N–H and O–H groups in total. The van der Waals surface area contributed by atoms with Crippen molar-refractivity contribution in [2.45, 2.75) is 31.4 Å². The first kappa shape index (κ1) is 12.1. The predicted octanol–water partition coefficient (Wildman–Crippen LogP) is -0.769. The Morgan fingerprint density at radius 1 is 1.41 bits per heavy atom. The molecule has 3 atom stereocenters. The maximum atomic E-state index is 11.6. The van der Waals surface area contributed by atoms with E-state index >= 15 is 0 Å². The van der Waals surface area contributed by atoms with Crippen LogP contribution in [-0.2, 0) is 0 Å². The van der Waals surface area contributed by atoms with E-state index in [9.17, 15) is 14.7 Å². The van der Waals surface area contributed by atoms with Gasteiger partial charge in [0.25, 0.3) is 5.56 Å². The van der Waals surface area contributed by atoms with Crippen LogP contribution < -0.4 is 11.2 Å². The summed E-state index contributed by atoms with van der Waals surface area (Å²) in [5, 5.41) is 18.8. The van der Waals surface area contributed by atoms with Crippen molar-refractivity contribution in [1.82, 2.24) is 9.55 Å². The number of nitrogens with one attached hydrogen (secondary N) is 1. The smallest absolute Gasteiger partial charge is 0.328 e. The molecule has 0 bridgehead atoms. The Balaban J connectivity index is 2.19. The molecule has 1 aliphatic carbocycles. The van der Waals surface area contributed by atoms with E-state index in [4.69, 9.17) is 5.11 Å². The number of H-pyrrole nitrogens is 1. The van der Waals surface area contributed by atoms with E-state index in [1.54, 1.807) is 0 Å². The number of aliphatic hydroxyl groups excluding tert-OH is 2. The minimum absolute atomic E-state index is 0.0333. The van der Waals surface area contributed by atoms with E-state index < -0.39 is 17.4 Å². The summed E-state index contributed by atoms with van der Waals surface area (Å²) < 4.78 is 1.44. The third-order valence-electron chi connectivity index (χ3n) is 3.41. The van der Waals surface area contributed by atoms with Crippen LogP contribution in [-0.4, -0.2) is 32.5 Å². The van der Waals surface area contributed by atoms with E-state index in [1.807, 2.05) is 0 Å². The number of aromatic nitrogens is 2. The molecule has 94 valence electrons. The molecule has 0 unspecified atom stereocenters. The summed E-state index contributed by atoms with van der Waals surface area (Å²) in [6.45, 7) is -0.0333. The van der Waals surface area contributed by atoms with Gasteiger partial charge in [-0.05, 0) is 19.3 Å². The van der Waals surface area contributed by atoms with Gasteiger partial charge in [-0.1, -0.05) is 0 Å². The van der Waals surface area contributed by atoms with Crippen LogP contribution in [0.4, 0.5) is 0 Å². The van der Waals surface area contributed by atoms with Crippen molar-refractivity contribution < 1.29 is 10.2 Å². The maximum Gasteiger partial charge on any atom is 0.328 e. The molecule has 0 aromatic carbocycles. The summed E-state index contributed by atoms with van der Waals surface area (Å²) in [6, 6.07) is 1.18. The predicted molar refractivity (Wildman–Crippen MR) is 60.8 cm³/mol. The third kappa shape index (κ3) is 2.48. The second-order valence-electron chi connectivity index (χ2n) is 4.49. The number of nitrogens with zero attached hydrogens (tertiary/aromatic N) is 1. The van der Waals surface area contributed by atoms with Crippen molar-refractivity contribution in [2.75, 3.05) is 6.61 Å². The van der Waals surface area contributed by atoms with Crippen LogP contribution in [0.25, 0.3) is 0 Å². The van der Waals surface area contributed by atoms with Crippen LogP contribution >= 0.6 is 0 Å². The Bertz CT molecular complexity index is 493. The minimum atomic E-state index is -0.599. The molecule has 1 aliphatic rings. The van der Waals surface area contributed by atoms with Crippen molar-refractivity contribution in [2.24, 2.45) is 5.92 Å². The molecule has 2 rings (SSSR count). The number of hydrogen-bond donors (Lipinski definition) is 3. The summed E-state index contributed by atoms with van der Waals surface area (Å²) in [5.74, 6) is -0.107. The molecular weight excluding hydrogens is 224 g/mol. The monoisotopic (exact) mass is 240 g/mol. The van der Waals surface area contributed by atoms with Crippen LogP contribution in [0, 0.1) is 5.92 Å². The lowest BCUT2D eigenvalue weighted by Gasteiger charge is -2.32. The lowest BCUT2D eigenvalue weighted by atomic mass is 9.84. The Morgan fingerprint density at radius 3 is 2.76 bits per heavy atom. The van der Waals surface area contributed by atoms with E-state index in [0.29, 0.717) is 19.3 Å². The second kappa shape index (κ2) is 4.85. The number of rotatable bonds is 2. The Morgan fingerprint density at radius 2 is 2.18 bits per heavy atom.